The van der Waals surface area contributed by atoms with Crippen LogP contribution in [-0.4, -0.2) is 6.79 Å². The Morgan fingerprint density at radius 2 is 1.70 bits per heavy atom. The van der Waals surface area contributed by atoms with Crippen LogP contribution in [0, 0.1) is 0 Å². The molecule has 0 unspecified atom stereocenters. The number of ether oxygens (including phenoxy) is 2. The molecule has 1 N–H and O–H groups in total. The standard InChI is InChI=1S/C15H13Cl2NO2/c16-12-5-1-3-10(14(12)17)7-18-8-11-4-2-6-13-15(11)20-9-19-13/h1-6,18H,7-9H2. The van der Waals surface area contributed by atoms with Gasteiger partial charge in [-0.2, -0.15) is 0 Å². The molecule has 1 aliphatic rings. The fraction of sp³-hybridized carbons (Fsp3) is 0.200. The van der Waals surface area contributed by atoms with Gasteiger partial charge in [0.2, 0.25) is 6.79 Å². The number of benzene rings is 2. The summed E-state index contributed by atoms with van der Waals surface area (Å²) in [7, 11) is 0. The molecule has 2 aromatic carbocycles. The Labute approximate surface area is 127 Å². The van der Waals surface area contributed by atoms with Gasteiger partial charge in [-0.3, -0.25) is 0 Å². The minimum absolute atomic E-state index is 0.284. The van der Waals surface area contributed by atoms with Crippen molar-refractivity contribution < 1.29 is 9.47 Å². The Balaban J connectivity index is 1.66. The molecule has 0 saturated heterocycles. The Kier molecular flexibility index (Phi) is 4.01. The van der Waals surface area contributed by atoms with Crippen LogP contribution < -0.4 is 14.8 Å². The van der Waals surface area contributed by atoms with Gasteiger partial charge in [0.15, 0.2) is 11.5 Å². The third-order valence-electron chi connectivity index (χ3n) is 3.14. The maximum Gasteiger partial charge on any atom is 0.231 e. The molecule has 0 atom stereocenters. The highest BCUT2D eigenvalue weighted by Crippen LogP contribution is 2.35. The van der Waals surface area contributed by atoms with Gasteiger partial charge in [-0.05, 0) is 17.7 Å². The number of halogens is 2. The van der Waals surface area contributed by atoms with E-state index in [0.29, 0.717) is 23.1 Å². The van der Waals surface area contributed by atoms with Crippen molar-refractivity contribution in [3.63, 3.8) is 0 Å². The lowest BCUT2D eigenvalue weighted by Crippen LogP contribution is -2.13. The Morgan fingerprint density at radius 3 is 2.60 bits per heavy atom. The summed E-state index contributed by atoms with van der Waals surface area (Å²) in [5, 5.41) is 4.51. The highest BCUT2D eigenvalue weighted by Gasteiger charge is 2.16. The van der Waals surface area contributed by atoms with Crippen LogP contribution in [0.3, 0.4) is 0 Å². The van der Waals surface area contributed by atoms with E-state index in [1.54, 1.807) is 6.07 Å². The van der Waals surface area contributed by atoms with Crippen molar-refractivity contribution in [3.8, 4) is 11.5 Å². The molecule has 3 rings (SSSR count). The zero-order valence-electron chi connectivity index (χ0n) is 10.7. The van der Waals surface area contributed by atoms with E-state index in [1.165, 1.54) is 0 Å². The first-order valence-electron chi connectivity index (χ1n) is 6.27. The first-order valence-corrected chi connectivity index (χ1v) is 7.02. The van der Waals surface area contributed by atoms with E-state index in [2.05, 4.69) is 5.32 Å². The maximum absolute atomic E-state index is 6.15. The minimum Gasteiger partial charge on any atom is -0.454 e. The molecular formula is C15H13Cl2NO2. The van der Waals surface area contributed by atoms with E-state index in [4.69, 9.17) is 32.7 Å². The molecule has 0 aromatic heterocycles. The predicted octanol–water partition coefficient (Wildman–Crippen LogP) is 4.01. The summed E-state index contributed by atoms with van der Waals surface area (Å²) < 4.78 is 10.8. The summed E-state index contributed by atoms with van der Waals surface area (Å²) in [5.41, 5.74) is 2.04. The van der Waals surface area contributed by atoms with Crippen LogP contribution in [0.25, 0.3) is 0 Å². The molecule has 0 radical (unpaired) electrons. The van der Waals surface area contributed by atoms with Crippen LogP contribution in [0.1, 0.15) is 11.1 Å². The van der Waals surface area contributed by atoms with Gasteiger partial charge >= 0.3 is 0 Å². The molecule has 3 nitrogen and oxygen atoms in total. The fourth-order valence-electron chi connectivity index (χ4n) is 2.15. The monoisotopic (exact) mass is 309 g/mol. The molecule has 0 spiro atoms. The highest BCUT2D eigenvalue weighted by molar-refractivity contribution is 6.42. The van der Waals surface area contributed by atoms with Gasteiger partial charge in [0, 0.05) is 18.7 Å². The van der Waals surface area contributed by atoms with Gasteiger partial charge in [-0.25, -0.2) is 0 Å². The number of rotatable bonds is 4. The number of nitrogens with one attached hydrogen (secondary N) is 1. The summed E-state index contributed by atoms with van der Waals surface area (Å²) in [6.07, 6.45) is 0. The molecule has 20 heavy (non-hydrogen) atoms. The average molecular weight is 310 g/mol. The lowest BCUT2D eigenvalue weighted by molar-refractivity contribution is 0.173. The molecule has 0 amide bonds. The zero-order chi connectivity index (χ0) is 13.9. The normalized spacial score (nSPS) is 12.7. The summed E-state index contributed by atoms with van der Waals surface area (Å²) in [4.78, 5) is 0. The molecule has 104 valence electrons. The van der Waals surface area contributed by atoms with Crippen LogP contribution in [0.15, 0.2) is 36.4 Å². The Morgan fingerprint density at radius 1 is 0.950 bits per heavy atom. The molecule has 0 aliphatic carbocycles. The largest absolute Gasteiger partial charge is 0.454 e. The maximum atomic E-state index is 6.15. The molecule has 0 bridgehead atoms. The number of para-hydroxylation sites is 1. The summed E-state index contributed by atoms with van der Waals surface area (Å²) in [5.74, 6) is 1.61. The molecule has 1 heterocycles. The second-order valence-electron chi connectivity index (χ2n) is 4.47. The Hall–Kier alpha value is -1.42. The quantitative estimate of drug-likeness (QED) is 0.925. The molecule has 5 heteroatoms. The van der Waals surface area contributed by atoms with Crippen molar-refractivity contribution in [2.24, 2.45) is 0 Å². The number of hydrogen-bond donors (Lipinski definition) is 1. The highest BCUT2D eigenvalue weighted by atomic mass is 35.5. The first-order chi connectivity index (χ1) is 9.75. The van der Waals surface area contributed by atoms with Crippen LogP contribution in [0.2, 0.25) is 10.0 Å². The van der Waals surface area contributed by atoms with Crippen molar-refractivity contribution in [1.82, 2.24) is 5.32 Å². The number of fused-ring (bicyclic) bond motifs is 1. The summed E-state index contributed by atoms with van der Waals surface area (Å²) in [6, 6.07) is 11.5. The second kappa shape index (κ2) is 5.92. The predicted molar refractivity (Wildman–Crippen MR) is 79.6 cm³/mol. The van der Waals surface area contributed by atoms with Gasteiger partial charge in [-0.1, -0.05) is 47.5 Å². The van der Waals surface area contributed by atoms with Gasteiger partial charge in [-0.15, -0.1) is 0 Å². The molecule has 1 aliphatic heterocycles. The van der Waals surface area contributed by atoms with Crippen LogP contribution in [0.4, 0.5) is 0 Å². The SMILES string of the molecule is Clc1cccc(CNCc2cccc3c2OCO3)c1Cl. The van der Waals surface area contributed by atoms with Gasteiger partial charge in [0.05, 0.1) is 10.0 Å². The summed E-state index contributed by atoms with van der Waals surface area (Å²) >= 11 is 12.1. The summed E-state index contributed by atoms with van der Waals surface area (Å²) in [6.45, 7) is 1.60. The van der Waals surface area contributed by atoms with Crippen molar-refractivity contribution >= 4 is 23.2 Å². The third-order valence-corrected chi connectivity index (χ3v) is 4.00. The van der Waals surface area contributed by atoms with Crippen LogP contribution >= 0.6 is 23.2 Å². The van der Waals surface area contributed by atoms with E-state index >= 15 is 0 Å². The zero-order valence-corrected chi connectivity index (χ0v) is 12.2. The average Bonchev–Trinajstić information content (AvgIpc) is 2.93. The second-order valence-corrected chi connectivity index (χ2v) is 5.25. The smallest absolute Gasteiger partial charge is 0.231 e. The van der Waals surface area contributed by atoms with E-state index in [1.807, 2.05) is 30.3 Å². The molecule has 0 saturated carbocycles. The van der Waals surface area contributed by atoms with Crippen molar-refractivity contribution in [2.45, 2.75) is 13.1 Å². The lowest BCUT2D eigenvalue weighted by Gasteiger charge is -2.09. The van der Waals surface area contributed by atoms with Crippen molar-refractivity contribution in [1.29, 1.82) is 0 Å². The Bertz CT molecular complexity index is 631. The van der Waals surface area contributed by atoms with Gasteiger partial charge < -0.3 is 14.8 Å². The lowest BCUT2D eigenvalue weighted by atomic mass is 10.1. The number of hydrogen-bond acceptors (Lipinski definition) is 3. The van der Waals surface area contributed by atoms with Crippen LogP contribution in [0.5, 0.6) is 11.5 Å². The minimum atomic E-state index is 0.284. The van der Waals surface area contributed by atoms with Crippen molar-refractivity contribution in [3.05, 3.63) is 57.6 Å². The van der Waals surface area contributed by atoms with Gasteiger partial charge in [0.25, 0.3) is 0 Å². The topological polar surface area (TPSA) is 30.5 Å². The molecule has 2 aromatic rings. The third kappa shape index (κ3) is 2.70. The first kappa shape index (κ1) is 13.6. The fourth-order valence-corrected chi connectivity index (χ4v) is 2.53. The van der Waals surface area contributed by atoms with Crippen molar-refractivity contribution in [2.75, 3.05) is 6.79 Å². The van der Waals surface area contributed by atoms with Crippen LogP contribution in [-0.2, 0) is 13.1 Å². The van der Waals surface area contributed by atoms with E-state index in [9.17, 15) is 0 Å². The van der Waals surface area contributed by atoms with E-state index in [0.717, 1.165) is 22.6 Å². The van der Waals surface area contributed by atoms with Gasteiger partial charge in [0.1, 0.15) is 0 Å². The molecule has 0 fully saturated rings. The van der Waals surface area contributed by atoms with E-state index < -0.39 is 0 Å². The van der Waals surface area contributed by atoms with E-state index in [-0.39, 0.29) is 6.79 Å². The molecular weight excluding hydrogens is 297 g/mol.